The molecule has 3 nitrogen and oxygen atoms in total. The molecule has 0 aliphatic heterocycles. The molecular weight excluding hydrogens is 214 g/mol. The van der Waals surface area contributed by atoms with Crippen molar-refractivity contribution in [3.8, 4) is 5.75 Å². The first-order valence-electron chi connectivity index (χ1n) is 5.75. The van der Waals surface area contributed by atoms with E-state index in [9.17, 15) is 4.79 Å². The van der Waals surface area contributed by atoms with Crippen molar-refractivity contribution in [3.63, 3.8) is 0 Å². The summed E-state index contributed by atoms with van der Waals surface area (Å²) in [7, 11) is 1.62. The van der Waals surface area contributed by atoms with Gasteiger partial charge in [-0.2, -0.15) is 0 Å². The molecule has 1 aromatic rings. The monoisotopic (exact) mass is 231 g/mol. The van der Waals surface area contributed by atoms with Crippen LogP contribution in [-0.4, -0.2) is 17.9 Å². The number of pyridine rings is 1. The first kappa shape index (κ1) is 11.8. The van der Waals surface area contributed by atoms with Gasteiger partial charge in [-0.05, 0) is 35.6 Å². The molecule has 0 amide bonds. The molecule has 0 unspecified atom stereocenters. The topological polar surface area (TPSA) is 39.2 Å². The first-order valence-corrected chi connectivity index (χ1v) is 5.75. The second-order valence-corrected chi connectivity index (χ2v) is 5.21. The molecule has 0 fully saturated rings. The average Bonchev–Trinajstić information content (AvgIpc) is 2.26. The number of carbonyl (C=O) groups is 1. The van der Waals surface area contributed by atoms with Crippen LogP contribution in [-0.2, 0) is 4.79 Å². The van der Waals surface area contributed by atoms with Crippen LogP contribution in [0.15, 0.2) is 24.4 Å². The van der Waals surface area contributed by atoms with Crippen LogP contribution < -0.4 is 4.74 Å². The third-order valence-electron chi connectivity index (χ3n) is 2.95. The van der Waals surface area contributed by atoms with Gasteiger partial charge < -0.3 is 4.74 Å². The molecule has 1 heterocycles. The fraction of sp³-hybridized carbons (Fsp3) is 0.429. The Labute approximate surface area is 102 Å². The summed E-state index contributed by atoms with van der Waals surface area (Å²) in [6.45, 7) is 4.21. The van der Waals surface area contributed by atoms with Crippen molar-refractivity contribution in [2.75, 3.05) is 7.11 Å². The number of hydrogen-bond donors (Lipinski definition) is 0. The molecule has 0 aromatic carbocycles. The predicted molar refractivity (Wildman–Crippen MR) is 66.8 cm³/mol. The molecule has 2 rings (SSSR count). The summed E-state index contributed by atoms with van der Waals surface area (Å²) >= 11 is 0. The SMILES string of the molecule is COc1cccnc1C1=CC(=O)CC(C)(C)C1. The van der Waals surface area contributed by atoms with Crippen LogP contribution in [0.4, 0.5) is 0 Å². The molecule has 0 atom stereocenters. The van der Waals surface area contributed by atoms with Crippen LogP contribution in [0.3, 0.4) is 0 Å². The molecular formula is C14H17NO2. The molecule has 0 radical (unpaired) electrons. The minimum absolute atomic E-state index is 0.00367. The number of nitrogens with zero attached hydrogens (tertiary/aromatic N) is 1. The molecule has 1 aliphatic carbocycles. The van der Waals surface area contributed by atoms with E-state index >= 15 is 0 Å². The third kappa shape index (κ3) is 2.54. The van der Waals surface area contributed by atoms with E-state index < -0.39 is 0 Å². The van der Waals surface area contributed by atoms with E-state index in [-0.39, 0.29) is 11.2 Å². The maximum absolute atomic E-state index is 11.7. The van der Waals surface area contributed by atoms with Crippen molar-refractivity contribution in [2.24, 2.45) is 5.41 Å². The molecule has 0 saturated carbocycles. The molecule has 0 N–H and O–H groups in total. The van der Waals surface area contributed by atoms with Crippen LogP contribution in [0.5, 0.6) is 5.75 Å². The number of ketones is 1. The summed E-state index contributed by atoms with van der Waals surface area (Å²) < 4.78 is 5.29. The van der Waals surface area contributed by atoms with E-state index in [4.69, 9.17) is 4.74 Å². The van der Waals surface area contributed by atoms with Gasteiger partial charge in [0, 0.05) is 12.6 Å². The van der Waals surface area contributed by atoms with Crippen molar-refractivity contribution in [2.45, 2.75) is 26.7 Å². The molecule has 0 bridgehead atoms. The first-order chi connectivity index (χ1) is 8.02. The lowest BCUT2D eigenvalue weighted by Crippen LogP contribution is -2.21. The van der Waals surface area contributed by atoms with Gasteiger partial charge in [0.25, 0.3) is 0 Å². The lowest BCUT2D eigenvalue weighted by atomic mass is 9.76. The fourth-order valence-corrected chi connectivity index (χ4v) is 2.29. The number of hydrogen-bond acceptors (Lipinski definition) is 3. The van der Waals surface area contributed by atoms with Gasteiger partial charge in [0.05, 0.1) is 7.11 Å². The van der Waals surface area contributed by atoms with Gasteiger partial charge in [0.1, 0.15) is 11.4 Å². The van der Waals surface area contributed by atoms with Crippen molar-refractivity contribution >= 4 is 11.4 Å². The highest BCUT2D eigenvalue weighted by Crippen LogP contribution is 2.39. The van der Waals surface area contributed by atoms with E-state index in [1.807, 2.05) is 12.1 Å². The standard InChI is InChI=1S/C14H17NO2/c1-14(2)8-10(7-11(16)9-14)13-12(17-3)5-4-6-15-13/h4-7H,8-9H2,1-3H3. The van der Waals surface area contributed by atoms with Gasteiger partial charge in [0.15, 0.2) is 5.78 Å². The van der Waals surface area contributed by atoms with Crippen molar-refractivity contribution in [3.05, 3.63) is 30.1 Å². The molecule has 3 heteroatoms. The Morgan fingerprint density at radius 3 is 2.76 bits per heavy atom. The maximum atomic E-state index is 11.7. The summed E-state index contributed by atoms with van der Waals surface area (Å²) in [6.07, 6.45) is 4.89. The Hall–Kier alpha value is -1.64. The van der Waals surface area contributed by atoms with Crippen LogP contribution in [0.25, 0.3) is 5.57 Å². The Morgan fingerprint density at radius 1 is 1.35 bits per heavy atom. The van der Waals surface area contributed by atoms with E-state index in [1.54, 1.807) is 19.4 Å². The number of rotatable bonds is 2. The number of allylic oxidation sites excluding steroid dienone is 2. The molecule has 0 saturated heterocycles. The second kappa shape index (κ2) is 4.32. The smallest absolute Gasteiger partial charge is 0.156 e. The fourth-order valence-electron chi connectivity index (χ4n) is 2.29. The molecule has 90 valence electrons. The second-order valence-electron chi connectivity index (χ2n) is 5.21. The highest BCUT2D eigenvalue weighted by Gasteiger charge is 2.29. The highest BCUT2D eigenvalue weighted by molar-refractivity contribution is 5.99. The Balaban J connectivity index is 2.43. The highest BCUT2D eigenvalue weighted by atomic mass is 16.5. The van der Waals surface area contributed by atoms with Gasteiger partial charge in [-0.15, -0.1) is 0 Å². The van der Waals surface area contributed by atoms with Crippen molar-refractivity contribution < 1.29 is 9.53 Å². The van der Waals surface area contributed by atoms with Gasteiger partial charge in [-0.25, -0.2) is 0 Å². The summed E-state index contributed by atoms with van der Waals surface area (Å²) in [5.41, 5.74) is 1.77. The maximum Gasteiger partial charge on any atom is 0.156 e. The Morgan fingerprint density at radius 2 is 2.12 bits per heavy atom. The third-order valence-corrected chi connectivity index (χ3v) is 2.95. The van der Waals surface area contributed by atoms with Gasteiger partial charge in [0.2, 0.25) is 0 Å². The minimum atomic E-state index is 0.00367. The normalized spacial score (nSPS) is 18.8. The van der Waals surface area contributed by atoms with Crippen LogP contribution in [0.1, 0.15) is 32.4 Å². The summed E-state index contributed by atoms with van der Waals surface area (Å²) in [5.74, 6) is 0.896. The summed E-state index contributed by atoms with van der Waals surface area (Å²) in [6, 6.07) is 3.70. The molecule has 1 aromatic heterocycles. The number of carbonyl (C=O) groups excluding carboxylic acids is 1. The molecule has 1 aliphatic rings. The number of ether oxygens (including phenoxy) is 1. The van der Waals surface area contributed by atoms with E-state index in [0.717, 1.165) is 23.4 Å². The number of methoxy groups -OCH3 is 1. The quantitative estimate of drug-likeness (QED) is 0.785. The van der Waals surface area contributed by atoms with Crippen molar-refractivity contribution in [1.29, 1.82) is 0 Å². The number of aromatic nitrogens is 1. The predicted octanol–water partition coefficient (Wildman–Crippen LogP) is 2.86. The van der Waals surface area contributed by atoms with E-state index in [1.165, 1.54) is 0 Å². The van der Waals surface area contributed by atoms with E-state index in [0.29, 0.717) is 6.42 Å². The zero-order chi connectivity index (χ0) is 12.5. The zero-order valence-electron chi connectivity index (χ0n) is 10.5. The van der Waals surface area contributed by atoms with Crippen LogP contribution in [0, 0.1) is 5.41 Å². The molecule has 17 heavy (non-hydrogen) atoms. The van der Waals surface area contributed by atoms with Crippen LogP contribution >= 0.6 is 0 Å². The minimum Gasteiger partial charge on any atom is -0.494 e. The van der Waals surface area contributed by atoms with Gasteiger partial charge in [-0.3, -0.25) is 9.78 Å². The summed E-state index contributed by atoms with van der Waals surface area (Å²) in [4.78, 5) is 16.0. The lowest BCUT2D eigenvalue weighted by molar-refractivity contribution is -0.116. The zero-order valence-corrected chi connectivity index (χ0v) is 10.5. The summed E-state index contributed by atoms with van der Waals surface area (Å²) in [5, 5.41) is 0. The van der Waals surface area contributed by atoms with Gasteiger partial charge >= 0.3 is 0 Å². The van der Waals surface area contributed by atoms with Gasteiger partial charge in [-0.1, -0.05) is 13.8 Å². The largest absolute Gasteiger partial charge is 0.494 e. The average molecular weight is 231 g/mol. The van der Waals surface area contributed by atoms with Crippen LogP contribution in [0.2, 0.25) is 0 Å². The molecule has 0 spiro atoms. The Kier molecular flexibility index (Phi) is 3.01. The Bertz CT molecular complexity index is 475. The van der Waals surface area contributed by atoms with Crippen molar-refractivity contribution in [1.82, 2.24) is 4.98 Å². The lowest BCUT2D eigenvalue weighted by Gasteiger charge is -2.28. The van der Waals surface area contributed by atoms with E-state index in [2.05, 4.69) is 18.8 Å².